The zero-order valence-electron chi connectivity index (χ0n) is 14.9. The first kappa shape index (κ1) is 21.4. The Bertz CT molecular complexity index is 1020. The number of thioether (sulfide) groups is 1. The van der Waals surface area contributed by atoms with Crippen molar-refractivity contribution < 1.29 is 18.3 Å². The van der Waals surface area contributed by atoms with Crippen molar-refractivity contribution in [3.8, 4) is 17.1 Å². The van der Waals surface area contributed by atoms with E-state index >= 15 is 0 Å². The van der Waals surface area contributed by atoms with E-state index in [1.807, 2.05) is 0 Å². The maximum Gasteiger partial charge on any atom is 0.387 e. The van der Waals surface area contributed by atoms with E-state index in [4.69, 9.17) is 23.2 Å². The number of nitrogens with one attached hydrogen (secondary N) is 1. The van der Waals surface area contributed by atoms with Crippen LogP contribution in [0.15, 0.2) is 47.6 Å². The summed E-state index contributed by atoms with van der Waals surface area (Å²) in [5.74, 6) is 0.444. The number of benzene rings is 2. The number of rotatable bonds is 7. The molecule has 152 valence electrons. The lowest BCUT2D eigenvalue weighted by molar-refractivity contribution is -0.113. The first-order chi connectivity index (χ1) is 13.8. The number of anilines is 1. The molecule has 0 spiro atoms. The monoisotopic (exact) mass is 458 g/mol. The van der Waals surface area contributed by atoms with Crippen molar-refractivity contribution in [2.45, 2.75) is 11.8 Å². The van der Waals surface area contributed by atoms with Gasteiger partial charge in [-0.05, 0) is 42.5 Å². The van der Waals surface area contributed by atoms with E-state index in [9.17, 15) is 13.6 Å². The summed E-state index contributed by atoms with van der Waals surface area (Å²) in [5, 5.41) is 12.2. The van der Waals surface area contributed by atoms with Gasteiger partial charge < -0.3 is 14.6 Å². The van der Waals surface area contributed by atoms with Gasteiger partial charge in [0.25, 0.3) is 0 Å². The Morgan fingerprint density at radius 1 is 1.17 bits per heavy atom. The topological polar surface area (TPSA) is 69.0 Å². The number of carbonyl (C=O) groups is 1. The second-order valence-electron chi connectivity index (χ2n) is 5.73. The zero-order valence-corrected chi connectivity index (χ0v) is 17.2. The molecule has 0 bridgehead atoms. The van der Waals surface area contributed by atoms with Gasteiger partial charge in [0, 0.05) is 18.3 Å². The quantitative estimate of drug-likeness (QED) is 0.497. The molecule has 29 heavy (non-hydrogen) atoms. The molecular weight excluding hydrogens is 445 g/mol. The van der Waals surface area contributed by atoms with E-state index in [2.05, 4.69) is 20.3 Å². The Labute approximate surface area is 179 Å². The Morgan fingerprint density at radius 2 is 1.90 bits per heavy atom. The highest BCUT2D eigenvalue weighted by molar-refractivity contribution is 7.99. The highest BCUT2D eigenvalue weighted by atomic mass is 35.5. The van der Waals surface area contributed by atoms with Crippen LogP contribution in [0.5, 0.6) is 5.75 Å². The van der Waals surface area contributed by atoms with Gasteiger partial charge in [-0.25, -0.2) is 0 Å². The van der Waals surface area contributed by atoms with Crippen molar-refractivity contribution in [2.75, 3.05) is 11.1 Å². The summed E-state index contributed by atoms with van der Waals surface area (Å²) < 4.78 is 30.5. The van der Waals surface area contributed by atoms with Crippen LogP contribution in [0.25, 0.3) is 11.4 Å². The van der Waals surface area contributed by atoms with Gasteiger partial charge in [0.05, 0.1) is 15.8 Å². The second kappa shape index (κ2) is 9.43. The molecule has 0 atom stereocenters. The van der Waals surface area contributed by atoms with Crippen LogP contribution in [-0.2, 0) is 11.8 Å². The third kappa shape index (κ3) is 5.59. The van der Waals surface area contributed by atoms with Crippen LogP contribution in [0.1, 0.15) is 0 Å². The summed E-state index contributed by atoms with van der Waals surface area (Å²) in [7, 11) is 1.75. The predicted octanol–water partition coefficient (Wildman–Crippen LogP) is 5.12. The van der Waals surface area contributed by atoms with Gasteiger partial charge in [-0.2, -0.15) is 8.78 Å². The molecule has 1 amide bonds. The van der Waals surface area contributed by atoms with Crippen molar-refractivity contribution >= 4 is 46.6 Å². The summed E-state index contributed by atoms with van der Waals surface area (Å²) >= 11 is 13.0. The second-order valence-corrected chi connectivity index (χ2v) is 7.49. The molecule has 1 aromatic heterocycles. The summed E-state index contributed by atoms with van der Waals surface area (Å²) in [6.45, 7) is -2.88. The number of hydrogen-bond acceptors (Lipinski definition) is 5. The fraction of sp³-hybridized carbons (Fsp3) is 0.167. The van der Waals surface area contributed by atoms with Crippen LogP contribution in [0.4, 0.5) is 14.5 Å². The normalized spacial score (nSPS) is 11.0. The molecule has 2 aromatic carbocycles. The number of alkyl halides is 2. The van der Waals surface area contributed by atoms with Gasteiger partial charge in [0.2, 0.25) is 5.91 Å². The predicted molar refractivity (Wildman–Crippen MR) is 109 cm³/mol. The Balaban J connectivity index is 1.62. The molecule has 3 aromatic rings. The maximum atomic E-state index is 12.2. The van der Waals surface area contributed by atoms with Crippen LogP contribution in [0.2, 0.25) is 10.0 Å². The average molecular weight is 459 g/mol. The summed E-state index contributed by atoms with van der Waals surface area (Å²) in [4.78, 5) is 12.2. The molecule has 0 saturated heterocycles. The molecule has 11 heteroatoms. The number of ether oxygens (including phenoxy) is 1. The van der Waals surface area contributed by atoms with Gasteiger partial charge in [-0.15, -0.1) is 10.2 Å². The van der Waals surface area contributed by atoms with Crippen molar-refractivity contribution in [1.29, 1.82) is 0 Å². The van der Waals surface area contributed by atoms with Gasteiger partial charge >= 0.3 is 6.61 Å². The Hall–Kier alpha value is -2.36. The fourth-order valence-corrected chi connectivity index (χ4v) is 3.39. The van der Waals surface area contributed by atoms with Crippen LogP contribution in [0.3, 0.4) is 0 Å². The molecule has 0 aliphatic heterocycles. The molecular formula is C18H14Cl2F2N4O2S. The molecule has 0 unspecified atom stereocenters. The first-order valence-electron chi connectivity index (χ1n) is 8.16. The van der Waals surface area contributed by atoms with E-state index < -0.39 is 6.61 Å². The minimum absolute atomic E-state index is 0.0551. The maximum absolute atomic E-state index is 12.2. The lowest BCUT2D eigenvalue weighted by Crippen LogP contribution is -2.14. The first-order valence-corrected chi connectivity index (χ1v) is 9.90. The van der Waals surface area contributed by atoms with Crippen molar-refractivity contribution in [2.24, 2.45) is 7.05 Å². The molecule has 0 fully saturated rings. The lowest BCUT2D eigenvalue weighted by Gasteiger charge is -2.07. The number of nitrogens with zero attached hydrogens (tertiary/aromatic N) is 3. The number of aromatic nitrogens is 3. The van der Waals surface area contributed by atoms with Crippen LogP contribution in [0, 0.1) is 0 Å². The number of halogens is 4. The summed E-state index contributed by atoms with van der Waals surface area (Å²) in [6.07, 6.45) is 0. The molecule has 3 rings (SSSR count). The molecule has 1 N–H and O–H groups in total. The number of hydrogen-bond donors (Lipinski definition) is 1. The molecule has 6 nitrogen and oxygen atoms in total. The van der Waals surface area contributed by atoms with E-state index in [-0.39, 0.29) is 17.4 Å². The van der Waals surface area contributed by atoms with Crippen LogP contribution < -0.4 is 10.1 Å². The van der Waals surface area contributed by atoms with E-state index in [0.29, 0.717) is 32.3 Å². The van der Waals surface area contributed by atoms with Crippen molar-refractivity contribution in [1.82, 2.24) is 14.8 Å². The standard InChI is InChI=1S/C18H14Cl2F2N4O2S/c1-26-16(10-2-5-12(6-3-10)28-17(21)22)24-25-18(26)29-9-15(27)23-11-4-7-13(19)14(20)8-11/h2-8,17H,9H2,1H3,(H,23,27). The Morgan fingerprint density at radius 3 is 2.55 bits per heavy atom. The highest BCUT2D eigenvalue weighted by Gasteiger charge is 2.14. The summed E-state index contributed by atoms with van der Waals surface area (Å²) in [6, 6.07) is 10.9. The van der Waals surface area contributed by atoms with Crippen molar-refractivity contribution in [3.63, 3.8) is 0 Å². The van der Waals surface area contributed by atoms with Gasteiger partial charge in [0.15, 0.2) is 11.0 Å². The smallest absolute Gasteiger partial charge is 0.387 e. The van der Waals surface area contributed by atoms with Crippen LogP contribution in [-0.4, -0.2) is 33.0 Å². The number of carbonyl (C=O) groups excluding carboxylic acids is 1. The minimum Gasteiger partial charge on any atom is -0.435 e. The van der Waals surface area contributed by atoms with Crippen molar-refractivity contribution in [3.05, 3.63) is 52.5 Å². The lowest BCUT2D eigenvalue weighted by atomic mass is 10.2. The van der Waals surface area contributed by atoms with Gasteiger partial charge in [-0.1, -0.05) is 35.0 Å². The van der Waals surface area contributed by atoms with Gasteiger partial charge in [0.1, 0.15) is 5.75 Å². The highest BCUT2D eigenvalue weighted by Crippen LogP contribution is 2.27. The van der Waals surface area contributed by atoms with E-state index in [0.717, 1.165) is 0 Å². The summed E-state index contributed by atoms with van der Waals surface area (Å²) in [5.41, 5.74) is 1.21. The largest absolute Gasteiger partial charge is 0.435 e. The molecule has 0 radical (unpaired) electrons. The van der Waals surface area contributed by atoms with E-state index in [1.165, 1.54) is 23.9 Å². The SMILES string of the molecule is Cn1c(SCC(=O)Nc2ccc(Cl)c(Cl)c2)nnc1-c1ccc(OC(F)F)cc1. The van der Waals surface area contributed by atoms with Gasteiger partial charge in [-0.3, -0.25) is 4.79 Å². The third-order valence-corrected chi connectivity index (χ3v) is 5.47. The van der Waals surface area contributed by atoms with E-state index in [1.54, 1.807) is 41.9 Å². The molecule has 0 aliphatic rings. The average Bonchev–Trinajstić information content (AvgIpc) is 3.04. The van der Waals surface area contributed by atoms with Crippen LogP contribution >= 0.6 is 35.0 Å². The Kier molecular flexibility index (Phi) is 6.94. The minimum atomic E-state index is -2.88. The zero-order chi connectivity index (χ0) is 21.0. The molecule has 0 aliphatic carbocycles. The number of amides is 1. The molecule has 1 heterocycles. The molecule has 0 saturated carbocycles. The fourth-order valence-electron chi connectivity index (χ4n) is 2.38. The third-order valence-electron chi connectivity index (χ3n) is 3.71.